The molecule has 0 saturated heterocycles. The van der Waals surface area contributed by atoms with Gasteiger partial charge in [0.15, 0.2) is 0 Å². The second-order valence-electron chi connectivity index (χ2n) is 13.4. The second kappa shape index (κ2) is 12.7. The molecule has 0 unspecified atom stereocenters. The van der Waals surface area contributed by atoms with Crippen molar-refractivity contribution in [3.8, 4) is 33.4 Å². The Labute approximate surface area is 307 Å². The van der Waals surface area contributed by atoms with Crippen LogP contribution in [0.3, 0.4) is 0 Å². The fourth-order valence-electron chi connectivity index (χ4n) is 7.60. The van der Waals surface area contributed by atoms with E-state index in [0.29, 0.717) is 0 Å². The third-order valence-corrected chi connectivity index (χ3v) is 11.4. The quantitative estimate of drug-likeness (QED) is 0.158. The average Bonchev–Trinajstić information content (AvgIpc) is 3.60. The molecule has 1 nitrogen and oxygen atoms in total. The first-order valence-corrected chi connectivity index (χ1v) is 18.6. The van der Waals surface area contributed by atoms with Crippen LogP contribution in [0.1, 0.15) is 0 Å². The molecule has 1 heterocycles. The minimum absolute atomic E-state index is 1.12. The maximum Gasteiger partial charge on any atom is 0.0476 e. The lowest BCUT2D eigenvalue weighted by atomic mass is 9.95. The molecule has 10 rings (SSSR count). The molecule has 0 fully saturated rings. The summed E-state index contributed by atoms with van der Waals surface area (Å²) in [4.78, 5) is 2.37. The Morgan fingerprint density at radius 3 is 1.29 bits per heavy atom. The highest BCUT2D eigenvalue weighted by Gasteiger charge is 2.16. The van der Waals surface area contributed by atoms with E-state index in [-0.39, 0.29) is 0 Å². The highest BCUT2D eigenvalue weighted by Crippen LogP contribution is 2.42. The van der Waals surface area contributed by atoms with Crippen molar-refractivity contribution in [3.63, 3.8) is 0 Å². The number of hydrogen-bond acceptors (Lipinski definition) is 2. The zero-order valence-electron chi connectivity index (χ0n) is 28.4. The van der Waals surface area contributed by atoms with Gasteiger partial charge < -0.3 is 4.90 Å². The van der Waals surface area contributed by atoms with Crippen LogP contribution in [-0.4, -0.2) is 0 Å². The lowest BCUT2D eigenvalue weighted by Gasteiger charge is -2.26. The lowest BCUT2D eigenvalue weighted by molar-refractivity contribution is 1.29. The molecular formula is C50H33NS. The first-order valence-electron chi connectivity index (χ1n) is 17.7. The molecule has 0 aliphatic rings. The van der Waals surface area contributed by atoms with Crippen LogP contribution in [-0.2, 0) is 0 Å². The fraction of sp³-hybridized carbons (Fsp3) is 0. The van der Waals surface area contributed by atoms with E-state index in [4.69, 9.17) is 0 Å². The van der Waals surface area contributed by atoms with Crippen molar-refractivity contribution in [2.75, 3.05) is 4.90 Å². The molecule has 10 aromatic rings. The van der Waals surface area contributed by atoms with E-state index in [0.717, 1.165) is 17.1 Å². The van der Waals surface area contributed by atoms with Gasteiger partial charge in [-0.2, -0.15) is 0 Å². The van der Waals surface area contributed by atoms with Gasteiger partial charge in [-0.25, -0.2) is 0 Å². The molecule has 0 radical (unpaired) electrons. The molecule has 1 aromatic heterocycles. The van der Waals surface area contributed by atoms with Crippen molar-refractivity contribution in [3.05, 3.63) is 200 Å². The molecule has 0 spiro atoms. The molecule has 52 heavy (non-hydrogen) atoms. The normalized spacial score (nSPS) is 11.5. The number of thiophene rings is 1. The van der Waals surface area contributed by atoms with Crippen molar-refractivity contribution < 1.29 is 0 Å². The third-order valence-electron chi connectivity index (χ3n) is 10.3. The number of hydrogen-bond donors (Lipinski definition) is 0. The van der Waals surface area contributed by atoms with E-state index in [9.17, 15) is 0 Å². The summed E-state index contributed by atoms with van der Waals surface area (Å²) in [6.07, 6.45) is 0. The first-order chi connectivity index (χ1) is 25.7. The Morgan fingerprint density at radius 1 is 0.269 bits per heavy atom. The van der Waals surface area contributed by atoms with Crippen LogP contribution in [0.25, 0.3) is 75.1 Å². The minimum Gasteiger partial charge on any atom is -0.310 e. The van der Waals surface area contributed by atoms with Gasteiger partial charge in [-0.1, -0.05) is 146 Å². The summed E-state index contributed by atoms with van der Waals surface area (Å²) in [5, 5.41) is 7.69. The summed E-state index contributed by atoms with van der Waals surface area (Å²) in [7, 11) is 0. The van der Waals surface area contributed by atoms with Crippen molar-refractivity contribution in [2.24, 2.45) is 0 Å². The van der Waals surface area contributed by atoms with Crippen molar-refractivity contribution in [1.82, 2.24) is 0 Å². The molecule has 2 heteroatoms. The molecule has 244 valence electrons. The molecule has 0 amide bonds. The van der Waals surface area contributed by atoms with Gasteiger partial charge in [-0.05, 0) is 110 Å². The Morgan fingerprint density at radius 2 is 0.692 bits per heavy atom. The number of nitrogens with zero attached hydrogens (tertiary/aromatic N) is 1. The summed E-state index contributed by atoms with van der Waals surface area (Å²) in [5.74, 6) is 0. The maximum absolute atomic E-state index is 2.37. The van der Waals surface area contributed by atoms with Gasteiger partial charge >= 0.3 is 0 Å². The smallest absolute Gasteiger partial charge is 0.0476 e. The topological polar surface area (TPSA) is 3.24 Å². The van der Waals surface area contributed by atoms with Gasteiger partial charge in [-0.15, -0.1) is 11.3 Å². The second-order valence-corrected chi connectivity index (χ2v) is 14.5. The van der Waals surface area contributed by atoms with Crippen molar-refractivity contribution in [2.45, 2.75) is 0 Å². The van der Waals surface area contributed by atoms with Crippen LogP contribution >= 0.6 is 11.3 Å². The lowest BCUT2D eigenvalue weighted by Crippen LogP contribution is -2.09. The Hall–Kier alpha value is -6.48. The standard InChI is InChI=1S/C50H33NS/c1-3-9-34(10-4-1)36-17-23-42(24-18-36)51(44-27-30-48-47-13-7-8-14-49(47)52-50(48)33-44)43-25-19-37(20-26-43)39-22-29-46-41(32-39)16-15-40-31-38(21-28-45(40)46)35-11-5-2-6-12-35/h1-33H. The van der Waals surface area contributed by atoms with E-state index in [1.54, 1.807) is 0 Å². The van der Waals surface area contributed by atoms with E-state index >= 15 is 0 Å². The number of fused-ring (bicyclic) bond motifs is 6. The van der Waals surface area contributed by atoms with Crippen LogP contribution in [0.2, 0.25) is 0 Å². The zero-order valence-corrected chi connectivity index (χ0v) is 29.2. The van der Waals surface area contributed by atoms with E-state index in [2.05, 4.69) is 205 Å². The molecule has 0 bridgehead atoms. The van der Waals surface area contributed by atoms with Gasteiger partial charge in [0.05, 0.1) is 0 Å². The summed E-state index contributed by atoms with van der Waals surface area (Å²) in [6.45, 7) is 0. The summed E-state index contributed by atoms with van der Waals surface area (Å²) in [5.41, 5.74) is 10.7. The van der Waals surface area contributed by atoms with Gasteiger partial charge in [-0.3, -0.25) is 0 Å². The van der Waals surface area contributed by atoms with Crippen LogP contribution in [0.4, 0.5) is 17.1 Å². The van der Waals surface area contributed by atoms with E-state index < -0.39 is 0 Å². The largest absolute Gasteiger partial charge is 0.310 e. The highest BCUT2D eigenvalue weighted by molar-refractivity contribution is 7.25. The van der Waals surface area contributed by atoms with Gasteiger partial charge in [0.1, 0.15) is 0 Å². The van der Waals surface area contributed by atoms with Crippen LogP contribution in [0, 0.1) is 0 Å². The summed E-state index contributed by atoms with van der Waals surface area (Å²) < 4.78 is 2.61. The SMILES string of the molecule is c1ccc(-c2ccc(N(c3ccc(-c4ccc5c(ccc6cc(-c7ccccc7)ccc65)c4)cc3)c3ccc4c(c3)sc3ccccc34)cc2)cc1. The monoisotopic (exact) mass is 679 g/mol. The minimum atomic E-state index is 1.12. The predicted octanol–water partition coefficient (Wildman–Crippen LogP) is 14.8. The molecule has 0 N–H and O–H groups in total. The first kappa shape index (κ1) is 30.4. The molecule has 0 aliphatic heterocycles. The van der Waals surface area contributed by atoms with Crippen molar-refractivity contribution >= 4 is 70.1 Å². The van der Waals surface area contributed by atoms with Gasteiger partial charge in [0.25, 0.3) is 0 Å². The zero-order chi connectivity index (χ0) is 34.4. The Bertz CT molecular complexity index is 2870. The number of anilines is 3. The molecular weight excluding hydrogens is 647 g/mol. The van der Waals surface area contributed by atoms with E-state index in [1.165, 1.54) is 75.1 Å². The Kier molecular flexibility index (Phi) is 7.41. The number of benzene rings is 9. The van der Waals surface area contributed by atoms with Gasteiger partial charge in [0.2, 0.25) is 0 Å². The van der Waals surface area contributed by atoms with Crippen LogP contribution < -0.4 is 4.90 Å². The molecule has 9 aromatic carbocycles. The third kappa shape index (κ3) is 5.42. The summed E-state index contributed by atoms with van der Waals surface area (Å²) in [6, 6.07) is 72.9. The van der Waals surface area contributed by atoms with Crippen LogP contribution in [0.15, 0.2) is 200 Å². The van der Waals surface area contributed by atoms with Gasteiger partial charge in [0, 0.05) is 37.2 Å². The maximum atomic E-state index is 2.37. The van der Waals surface area contributed by atoms with Crippen molar-refractivity contribution in [1.29, 1.82) is 0 Å². The molecule has 0 aliphatic carbocycles. The fourth-order valence-corrected chi connectivity index (χ4v) is 8.74. The predicted molar refractivity (Wildman–Crippen MR) is 225 cm³/mol. The summed E-state index contributed by atoms with van der Waals surface area (Å²) >= 11 is 1.86. The Balaban J connectivity index is 1.02. The average molecular weight is 680 g/mol. The molecule has 0 atom stereocenters. The van der Waals surface area contributed by atoms with E-state index in [1.807, 2.05) is 11.3 Å². The van der Waals surface area contributed by atoms with Crippen LogP contribution in [0.5, 0.6) is 0 Å². The number of rotatable bonds is 6. The molecule has 0 saturated carbocycles. The highest BCUT2D eigenvalue weighted by atomic mass is 32.1.